The minimum absolute atomic E-state index is 0.00262. The molecule has 1 atom stereocenters. The number of hydrogen-bond acceptors (Lipinski definition) is 6. The number of ether oxygens (including phenoxy) is 1. The zero-order chi connectivity index (χ0) is 25.3. The first-order valence-electron chi connectivity index (χ1n) is 9.77. The van der Waals surface area contributed by atoms with Gasteiger partial charge in [-0.3, -0.25) is 9.59 Å². The lowest BCUT2D eigenvalue weighted by Gasteiger charge is -2.29. The smallest absolute Gasteiger partial charge is 0.435 e. The number of oxime groups is 1. The highest BCUT2D eigenvalue weighted by molar-refractivity contribution is 6.34. The van der Waals surface area contributed by atoms with Crippen molar-refractivity contribution in [3.05, 3.63) is 69.2 Å². The highest BCUT2D eigenvalue weighted by Crippen LogP contribution is 2.49. The Morgan fingerprint density at radius 2 is 1.71 bits per heavy atom. The van der Waals surface area contributed by atoms with E-state index >= 15 is 0 Å². The topological polar surface area (TPSA) is 85.3 Å². The standard InChI is InChI=1S/C22H17Cl2F3N2O5/c1-3-18(30)29(20(32)33-2)19(31)13-6-4-12(5-7-13)17-11-21(34-28-17,22(25,26)27)14-8-15(23)10-16(24)9-14/h4-10H,3,11H2,1-2H3. The Hall–Kier alpha value is -3.11. The van der Waals surface area contributed by atoms with Crippen LogP contribution in [0.25, 0.3) is 0 Å². The number of carbonyl (C=O) groups excluding carboxylic acids is 3. The molecule has 3 amide bonds. The molecule has 1 unspecified atom stereocenters. The molecule has 0 fully saturated rings. The van der Waals surface area contributed by atoms with Gasteiger partial charge in [0.15, 0.2) is 0 Å². The molecule has 12 heteroatoms. The van der Waals surface area contributed by atoms with Crippen LogP contribution in [0.15, 0.2) is 47.6 Å². The van der Waals surface area contributed by atoms with Gasteiger partial charge in [-0.25, -0.2) is 4.79 Å². The van der Waals surface area contributed by atoms with E-state index in [4.69, 9.17) is 28.0 Å². The van der Waals surface area contributed by atoms with Gasteiger partial charge in [0, 0.05) is 34.0 Å². The van der Waals surface area contributed by atoms with Gasteiger partial charge in [-0.1, -0.05) is 47.4 Å². The fraction of sp³-hybridized carbons (Fsp3) is 0.273. The molecule has 0 radical (unpaired) electrons. The molecule has 0 N–H and O–H groups in total. The number of nitrogens with zero attached hydrogens (tertiary/aromatic N) is 2. The van der Waals surface area contributed by atoms with Crippen molar-refractivity contribution in [1.82, 2.24) is 4.90 Å². The molecule has 0 spiro atoms. The van der Waals surface area contributed by atoms with Crippen molar-refractivity contribution in [1.29, 1.82) is 0 Å². The molecular weight excluding hydrogens is 500 g/mol. The Morgan fingerprint density at radius 3 is 2.21 bits per heavy atom. The summed E-state index contributed by atoms with van der Waals surface area (Å²) in [6.45, 7) is 1.47. The van der Waals surface area contributed by atoms with Crippen LogP contribution in [0.1, 0.15) is 41.3 Å². The molecule has 7 nitrogen and oxygen atoms in total. The van der Waals surface area contributed by atoms with Crippen LogP contribution in [-0.4, -0.2) is 41.8 Å². The van der Waals surface area contributed by atoms with Crippen LogP contribution in [0, 0.1) is 0 Å². The highest BCUT2D eigenvalue weighted by Gasteiger charge is 2.62. The predicted octanol–water partition coefficient (Wildman–Crippen LogP) is 5.72. The SMILES string of the molecule is CCC(=O)N(C(=O)OC)C(=O)c1ccc(C2=NOC(c3cc(Cl)cc(Cl)c3)(C(F)(F)F)C2)cc1. The second-order valence-corrected chi connectivity index (χ2v) is 8.10. The molecule has 0 aliphatic carbocycles. The van der Waals surface area contributed by atoms with E-state index in [1.807, 2.05) is 0 Å². The summed E-state index contributed by atoms with van der Waals surface area (Å²) in [6, 6.07) is 8.67. The van der Waals surface area contributed by atoms with E-state index < -0.39 is 36.1 Å². The summed E-state index contributed by atoms with van der Waals surface area (Å²) in [5.74, 6) is -1.71. The molecule has 2 aromatic carbocycles. The Bertz CT molecular complexity index is 1130. The third-order valence-electron chi connectivity index (χ3n) is 5.09. The summed E-state index contributed by atoms with van der Waals surface area (Å²) in [4.78, 5) is 41.8. The number of alkyl halides is 3. The van der Waals surface area contributed by atoms with Crippen LogP contribution in [-0.2, 0) is 20.0 Å². The van der Waals surface area contributed by atoms with Gasteiger partial charge in [-0.05, 0) is 35.9 Å². The highest BCUT2D eigenvalue weighted by atomic mass is 35.5. The molecule has 1 heterocycles. The maximum Gasteiger partial charge on any atom is 0.435 e. The zero-order valence-corrected chi connectivity index (χ0v) is 19.3. The number of benzene rings is 2. The van der Waals surface area contributed by atoms with Crippen molar-refractivity contribution in [3.8, 4) is 0 Å². The number of carbonyl (C=O) groups is 3. The number of amides is 3. The molecule has 1 aliphatic heterocycles. The van der Waals surface area contributed by atoms with E-state index in [9.17, 15) is 27.6 Å². The summed E-state index contributed by atoms with van der Waals surface area (Å²) < 4.78 is 46.8. The number of rotatable bonds is 4. The second kappa shape index (κ2) is 9.63. The predicted molar refractivity (Wildman–Crippen MR) is 117 cm³/mol. The lowest BCUT2D eigenvalue weighted by Crippen LogP contribution is -2.42. The first-order chi connectivity index (χ1) is 15.9. The minimum atomic E-state index is -4.86. The van der Waals surface area contributed by atoms with Crippen LogP contribution < -0.4 is 0 Å². The maximum atomic E-state index is 14.1. The third-order valence-corrected chi connectivity index (χ3v) is 5.53. The molecule has 0 bridgehead atoms. The average molecular weight is 517 g/mol. The van der Waals surface area contributed by atoms with Gasteiger partial charge in [0.1, 0.15) is 0 Å². The normalized spacial score (nSPS) is 17.6. The van der Waals surface area contributed by atoms with Gasteiger partial charge >= 0.3 is 12.3 Å². The van der Waals surface area contributed by atoms with Gasteiger partial charge in [-0.15, -0.1) is 0 Å². The number of imide groups is 3. The van der Waals surface area contributed by atoms with Crippen molar-refractivity contribution in [2.75, 3.05) is 7.11 Å². The van der Waals surface area contributed by atoms with E-state index in [0.717, 1.165) is 19.2 Å². The average Bonchev–Trinajstić information content (AvgIpc) is 3.25. The number of hydrogen-bond donors (Lipinski definition) is 0. The largest absolute Gasteiger partial charge is 0.452 e. The van der Waals surface area contributed by atoms with Crippen molar-refractivity contribution in [2.24, 2.45) is 5.16 Å². The van der Waals surface area contributed by atoms with Crippen LogP contribution in [0.4, 0.5) is 18.0 Å². The first kappa shape index (κ1) is 25.5. The number of halogens is 5. The molecule has 3 rings (SSSR count). The summed E-state index contributed by atoms with van der Waals surface area (Å²) in [6.07, 6.45) is -6.81. The van der Waals surface area contributed by atoms with Crippen LogP contribution >= 0.6 is 23.2 Å². The van der Waals surface area contributed by atoms with Crippen molar-refractivity contribution >= 4 is 46.8 Å². The molecule has 180 valence electrons. The molecule has 0 aromatic heterocycles. The van der Waals surface area contributed by atoms with Crippen molar-refractivity contribution in [3.63, 3.8) is 0 Å². The van der Waals surface area contributed by atoms with E-state index in [2.05, 4.69) is 9.89 Å². The van der Waals surface area contributed by atoms with Gasteiger partial charge in [0.25, 0.3) is 11.5 Å². The Morgan fingerprint density at radius 1 is 1.12 bits per heavy atom. The number of methoxy groups -OCH3 is 1. The van der Waals surface area contributed by atoms with E-state index in [-0.39, 0.29) is 38.9 Å². The fourth-order valence-corrected chi connectivity index (χ4v) is 3.85. The second-order valence-electron chi connectivity index (χ2n) is 7.22. The summed E-state index contributed by atoms with van der Waals surface area (Å²) >= 11 is 11.8. The first-order valence-corrected chi connectivity index (χ1v) is 10.5. The molecule has 34 heavy (non-hydrogen) atoms. The van der Waals surface area contributed by atoms with E-state index in [1.165, 1.54) is 37.3 Å². The molecular formula is C22H17Cl2F3N2O5. The van der Waals surface area contributed by atoms with Crippen LogP contribution in [0.5, 0.6) is 0 Å². The minimum Gasteiger partial charge on any atom is -0.452 e. The Kier molecular flexibility index (Phi) is 7.23. The van der Waals surface area contributed by atoms with Gasteiger partial charge < -0.3 is 9.57 Å². The molecule has 1 aliphatic rings. The monoisotopic (exact) mass is 516 g/mol. The molecule has 2 aromatic rings. The van der Waals surface area contributed by atoms with Crippen LogP contribution in [0.2, 0.25) is 10.0 Å². The van der Waals surface area contributed by atoms with Crippen molar-refractivity contribution < 1.29 is 37.1 Å². The fourth-order valence-electron chi connectivity index (χ4n) is 3.33. The quantitative estimate of drug-likeness (QED) is 0.518. The maximum absolute atomic E-state index is 14.1. The lowest BCUT2D eigenvalue weighted by molar-refractivity contribution is -0.275. The lowest BCUT2D eigenvalue weighted by atomic mass is 9.86. The summed E-state index contributed by atoms with van der Waals surface area (Å²) in [5, 5.41) is 3.65. The van der Waals surface area contributed by atoms with Crippen LogP contribution in [0.3, 0.4) is 0 Å². The van der Waals surface area contributed by atoms with E-state index in [0.29, 0.717) is 4.90 Å². The third kappa shape index (κ3) is 4.74. The Balaban J connectivity index is 1.90. The molecule has 0 saturated heterocycles. The molecule has 0 saturated carbocycles. The summed E-state index contributed by atoms with van der Waals surface area (Å²) in [5.41, 5.74) is -2.97. The Labute approximate surface area is 202 Å². The van der Waals surface area contributed by atoms with Gasteiger partial charge in [0.05, 0.1) is 12.8 Å². The van der Waals surface area contributed by atoms with Gasteiger partial charge in [-0.2, -0.15) is 18.1 Å². The zero-order valence-electron chi connectivity index (χ0n) is 17.8. The van der Waals surface area contributed by atoms with E-state index in [1.54, 1.807) is 0 Å². The van der Waals surface area contributed by atoms with Gasteiger partial charge in [0.2, 0.25) is 5.91 Å². The summed E-state index contributed by atoms with van der Waals surface area (Å²) in [7, 11) is 1.02. The van der Waals surface area contributed by atoms with Crippen molar-refractivity contribution in [2.45, 2.75) is 31.5 Å².